The van der Waals surface area contributed by atoms with Gasteiger partial charge in [0.2, 0.25) is 0 Å². The monoisotopic (exact) mass is 296 g/mol. The van der Waals surface area contributed by atoms with E-state index in [4.69, 9.17) is 10.00 Å². The molecule has 1 aromatic carbocycles. The van der Waals surface area contributed by atoms with Gasteiger partial charge in [-0.3, -0.25) is 4.79 Å². The van der Waals surface area contributed by atoms with Crippen molar-refractivity contribution in [3.05, 3.63) is 47.7 Å². The maximum absolute atomic E-state index is 12.2. The van der Waals surface area contributed by atoms with Gasteiger partial charge in [-0.1, -0.05) is 0 Å². The molecule has 3 rings (SSSR count). The zero-order chi connectivity index (χ0) is 15.4. The first-order valence-electron chi connectivity index (χ1n) is 7.17. The van der Waals surface area contributed by atoms with Crippen LogP contribution in [-0.2, 0) is 11.3 Å². The van der Waals surface area contributed by atoms with E-state index in [1.165, 1.54) is 0 Å². The second-order valence-corrected chi connectivity index (χ2v) is 5.27. The van der Waals surface area contributed by atoms with Crippen LogP contribution in [0.25, 0.3) is 0 Å². The average Bonchev–Trinajstić information content (AvgIpc) is 3.20. The van der Waals surface area contributed by atoms with Crippen molar-refractivity contribution in [2.45, 2.75) is 13.0 Å². The van der Waals surface area contributed by atoms with Gasteiger partial charge in [-0.2, -0.15) is 10.4 Å². The molecule has 6 heteroatoms. The van der Waals surface area contributed by atoms with Crippen molar-refractivity contribution in [1.82, 2.24) is 9.78 Å². The Balaban J connectivity index is 1.68. The molecule has 1 N–H and O–H groups in total. The summed E-state index contributed by atoms with van der Waals surface area (Å²) in [6.07, 6.45) is 2.69. The predicted molar refractivity (Wildman–Crippen MR) is 80.3 cm³/mol. The lowest BCUT2D eigenvalue weighted by Gasteiger charge is -2.12. The number of nitrogens with zero attached hydrogens (tertiary/aromatic N) is 3. The molecule has 0 radical (unpaired) electrons. The third kappa shape index (κ3) is 3.15. The minimum absolute atomic E-state index is 0.214. The number of aromatic nitrogens is 2. The number of benzene rings is 1. The number of ether oxygens (including phenoxy) is 1. The molecule has 1 aliphatic heterocycles. The Morgan fingerprint density at radius 3 is 2.91 bits per heavy atom. The summed E-state index contributed by atoms with van der Waals surface area (Å²) in [5, 5.41) is 15.9. The lowest BCUT2D eigenvalue weighted by Crippen LogP contribution is -2.18. The third-order valence-corrected chi connectivity index (χ3v) is 3.69. The highest BCUT2D eigenvalue weighted by Crippen LogP contribution is 2.17. The Morgan fingerprint density at radius 1 is 1.41 bits per heavy atom. The van der Waals surface area contributed by atoms with E-state index >= 15 is 0 Å². The van der Waals surface area contributed by atoms with Crippen LogP contribution in [0.2, 0.25) is 0 Å². The zero-order valence-electron chi connectivity index (χ0n) is 12.0. The first-order valence-corrected chi connectivity index (χ1v) is 7.17. The standard InChI is InChI=1S/C16H16N4O2/c17-9-12-1-3-14(4-2-12)16(21)19-15-5-7-18-20(15)10-13-6-8-22-11-13/h1-5,7,13H,6,8,10-11H2,(H,19,21). The van der Waals surface area contributed by atoms with Crippen molar-refractivity contribution >= 4 is 11.7 Å². The molecule has 0 saturated carbocycles. The van der Waals surface area contributed by atoms with Crippen LogP contribution in [0, 0.1) is 17.2 Å². The molecule has 0 aliphatic carbocycles. The van der Waals surface area contributed by atoms with Gasteiger partial charge in [-0.05, 0) is 30.7 Å². The molecule has 2 heterocycles. The number of amides is 1. The van der Waals surface area contributed by atoms with Crippen molar-refractivity contribution in [1.29, 1.82) is 5.26 Å². The molecule has 0 bridgehead atoms. The van der Waals surface area contributed by atoms with Crippen molar-refractivity contribution in [3.63, 3.8) is 0 Å². The number of carbonyl (C=O) groups is 1. The van der Waals surface area contributed by atoms with E-state index in [1.807, 2.05) is 6.07 Å². The Kier molecular flexibility index (Phi) is 4.17. The van der Waals surface area contributed by atoms with Crippen LogP contribution in [-0.4, -0.2) is 28.9 Å². The molecule has 1 saturated heterocycles. The maximum Gasteiger partial charge on any atom is 0.256 e. The van der Waals surface area contributed by atoms with Crippen molar-refractivity contribution < 1.29 is 9.53 Å². The summed E-state index contributed by atoms with van der Waals surface area (Å²) in [6.45, 7) is 2.26. The number of rotatable bonds is 4. The Hall–Kier alpha value is -2.65. The van der Waals surface area contributed by atoms with Crippen molar-refractivity contribution in [3.8, 4) is 6.07 Å². The summed E-state index contributed by atoms with van der Waals surface area (Å²) in [6, 6.07) is 10.3. The summed E-state index contributed by atoms with van der Waals surface area (Å²) in [5.41, 5.74) is 1.04. The summed E-state index contributed by atoms with van der Waals surface area (Å²) in [5.74, 6) is 0.889. The summed E-state index contributed by atoms with van der Waals surface area (Å²) in [7, 11) is 0. The van der Waals surface area contributed by atoms with Crippen LogP contribution in [0.4, 0.5) is 5.82 Å². The first-order chi connectivity index (χ1) is 10.8. The van der Waals surface area contributed by atoms with Crippen LogP contribution in [0.1, 0.15) is 22.3 Å². The van der Waals surface area contributed by atoms with Crippen LogP contribution in [0.5, 0.6) is 0 Å². The fourth-order valence-electron chi connectivity index (χ4n) is 2.44. The highest BCUT2D eigenvalue weighted by molar-refractivity contribution is 6.03. The third-order valence-electron chi connectivity index (χ3n) is 3.69. The van der Waals surface area contributed by atoms with Crippen molar-refractivity contribution in [2.24, 2.45) is 5.92 Å². The van der Waals surface area contributed by atoms with E-state index < -0.39 is 0 Å². The fraction of sp³-hybridized carbons (Fsp3) is 0.312. The van der Waals surface area contributed by atoms with Crippen LogP contribution in [0.3, 0.4) is 0 Å². The van der Waals surface area contributed by atoms with E-state index in [0.717, 1.165) is 26.2 Å². The maximum atomic E-state index is 12.2. The molecule has 1 atom stereocenters. The minimum Gasteiger partial charge on any atom is -0.381 e. The minimum atomic E-state index is -0.214. The topological polar surface area (TPSA) is 79.9 Å². The van der Waals surface area contributed by atoms with Gasteiger partial charge in [-0.15, -0.1) is 0 Å². The number of nitrogens with one attached hydrogen (secondary N) is 1. The first kappa shape index (κ1) is 14.3. The van der Waals surface area contributed by atoms with Gasteiger partial charge < -0.3 is 10.1 Å². The van der Waals surface area contributed by atoms with Gasteiger partial charge in [0.25, 0.3) is 5.91 Å². The highest BCUT2D eigenvalue weighted by atomic mass is 16.5. The Labute approximate surface area is 128 Å². The van der Waals surface area contributed by atoms with Crippen molar-refractivity contribution in [2.75, 3.05) is 18.5 Å². The lowest BCUT2D eigenvalue weighted by atomic mass is 10.1. The van der Waals surface area contributed by atoms with E-state index in [0.29, 0.717) is 22.9 Å². The molecule has 6 nitrogen and oxygen atoms in total. The quantitative estimate of drug-likeness (QED) is 0.936. The summed E-state index contributed by atoms with van der Waals surface area (Å²) in [4.78, 5) is 12.2. The fourth-order valence-corrected chi connectivity index (χ4v) is 2.44. The van der Waals surface area contributed by atoms with E-state index in [2.05, 4.69) is 10.4 Å². The molecular formula is C16H16N4O2. The van der Waals surface area contributed by atoms with Gasteiger partial charge in [-0.25, -0.2) is 4.68 Å². The molecule has 2 aromatic rings. The second kappa shape index (κ2) is 6.41. The molecule has 1 aliphatic rings. The summed E-state index contributed by atoms with van der Waals surface area (Å²) < 4.78 is 7.16. The predicted octanol–water partition coefficient (Wildman–Crippen LogP) is 2.04. The second-order valence-electron chi connectivity index (χ2n) is 5.27. The molecule has 1 unspecified atom stereocenters. The largest absolute Gasteiger partial charge is 0.381 e. The average molecular weight is 296 g/mol. The molecule has 0 spiro atoms. The number of hydrogen-bond acceptors (Lipinski definition) is 4. The van der Waals surface area contributed by atoms with Crippen LogP contribution >= 0.6 is 0 Å². The van der Waals surface area contributed by atoms with E-state index in [9.17, 15) is 4.79 Å². The van der Waals surface area contributed by atoms with Gasteiger partial charge in [0.1, 0.15) is 5.82 Å². The number of nitriles is 1. The van der Waals surface area contributed by atoms with Gasteiger partial charge >= 0.3 is 0 Å². The SMILES string of the molecule is N#Cc1ccc(C(=O)Nc2ccnn2CC2CCOC2)cc1. The van der Waals surface area contributed by atoms with E-state index in [1.54, 1.807) is 41.2 Å². The van der Waals surface area contributed by atoms with E-state index in [-0.39, 0.29) is 5.91 Å². The van der Waals surface area contributed by atoms with Gasteiger partial charge in [0.05, 0.1) is 24.4 Å². The van der Waals surface area contributed by atoms with Crippen LogP contribution < -0.4 is 5.32 Å². The highest BCUT2D eigenvalue weighted by Gasteiger charge is 2.18. The smallest absolute Gasteiger partial charge is 0.256 e. The lowest BCUT2D eigenvalue weighted by molar-refractivity contribution is 0.102. The zero-order valence-corrected chi connectivity index (χ0v) is 12.0. The molecule has 1 amide bonds. The van der Waals surface area contributed by atoms with Gasteiger partial charge in [0.15, 0.2) is 0 Å². The molecule has 1 fully saturated rings. The normalized spacial score (nSPS) is 17.1. The number of hydrogen-bond donors (Lipinski definition) is 1. The Bertz CT molecular complexity index is 694. The van der Waals surface area contributed by atoms with Crippen LogP contribution in [0.15, 0.2) is 36.5 Å². The molecular weight excluding hydrogens is 280 g/mol. The number of carbonyl (C=O) groups excluding carboxylic acids is 1. The molecule has 112 valence electrons. The summed E-state index contributed by atoms with van der Waals surface area (Å²) >= 11 is 0. The number of anilines is 1. The molecule has 1 aromatic heterocycles. The Morgan fingerprint density at radius 2 is 2.23 bits per heavy atom. The van der Waals surface area contributed by atoms with Gasteiger partial charge in [0, 0.05) is 30.7 Å². The molecule has 22 heavy (non-hydrogen) atoms.